The Morgan fingerprint density at radius 2 is 1.50 bits per heavy atom. The van der Waals surface area contributed by atoms with E-state index in [0.717, 1.165) is 0 Å². The molecule has 10 heteroatoms. The number of benzene rings is 2. The first kappa shape index (κ1) is 21.3. The molecule has 0 aromatic heterocycles. The number of hydrogen-bond acceptors (Lipinski definition) is 7. The Balaban J connectivity index is 2.12. The molecule has 0 aliphatic rings. The molecule has 0 fully saturated rings. The van der Waals surface area contributed by atoms with Crippen molar-refractivity contribution in [1.29, 1.82) is 0 Å². The molecule has 28 heavy (non-hydrogen) atoms. The topological polar surface area (TPSA) is 129 Å². The lowest BCUT2D eigenvalue weighted by molar-refractivity contribution is -0.116. The van der Waals surface area contributed by atoms with E-state index in [4.69, 9.17) is 19.3 Å². The minimum absolute atomic E-state index is 0.0332. The summed E-state index contributed by atoms with van der Waals surface area (Å²) in [5.74, 6) is 1.03. The minimum atomic E-state index is -3.78. The van der Waals surface area contributed by atoms with Gasteiger partial charge in [0.25, 0.3) is 0 Å². The molecule has 0 aliphatic carbocycles. The number of ether oxygens (including phenoxy) is 3. The van der Waals surface area contributed by atoms with Crippen molar-refractivity contribution < 1.29 is 27.4 Å². The molecule has 0 aliphatic heterocycles. The molecule has 2 aromatic rings. The second-order valence-electron chi connectivity index (χ2n) is 5.84. The molecule has 0 radical (unpaired) electrons. The molecule has 0 saturated heterocycles. The Bertz CT molecular complexity index is 919. The zero-order valence-corrected chi connectivity index (χ0v) is 16.8. The molecular weight excluding hydrogens is 386 g/mol. The van der Waals surface area contributed by atoms with E-state index in [1.807, 2.05) is 0 Å². The lowest BCUT2D eigenvalue weighted by Gasteiger charge is -2.18. The summed E-state index contributed by atoms with van der Waals surface area (Å²) in [4.78, 5) is 12.4. The fourth-order valence-electron chi connectivity index (χ4n) is 2.46. The summed E-state index contributed by atoms with van der Waals surface area (Å²) in [6.45, 7) is 1.68. The first-order chi connectivity index (χ1) is 13.2. The number of methoxy groups -OCH3 is 3. The van der Waals surface area contributed by atoms with Crippen molar-refractivity contribution in [2.45, 2.75) is 17.9 Å². The zero-order chi connectivity index (χ0) is 20.9. The van der Waals surface area contributed by atoms with Crippen LogP contribution in [0.4, 0.5) is 11.4 Å². The van der Waals surface area contributed by atoms with Gasteiger partial charge in [-0.25, -0.2) is 13.6 Å². The Labute approximate surface area is 163 Å². The third-order valence-electron chi connectivity index (χ3n) is 3.89. The Morgan fingerprint density at radius 3 is 1.93 bits per heavy atom. The molecule has 2 rings (SSSR count). The SMILES string of the molecule is COc1cc(N[C@H](C)C(=O)Nc2ccc(S(N)(=O)=O)cc2)cc(OC)c1OC. The molecule has 0 bridgehead atoms. The van der Waals surface area contributed by atoms with Crippen molar-refractivity contribution in [3.63, 3.8) is 0 Å². The number of anilines is 2. The first-order valence-corrected chi connectivity index (χ1v) is 9.74. The predicted octanol–water partition coefficient (Wildman–Crippen LogP) is 1.80. The van der Waals surface area contributed by atoms with Gasteiger partial charge in [0.15, 0.2) is 11.5 Å². The van der Waals surface area contributed by atoms with E-state index in [2.05, 4.69) is 10.6 Å². The second-order valence-corrected chi connectivity index (χ2v) is 7.40. The number of sulfonamides is 1. The van der Waals surface area contributed by atoms with E-state index >= 15 is 0 Å². The van der Waals surface area contributed by atoms with E-state index in [0.29, 0.717) is 28.6 Å². The van der Waals surface area contributed by atoms with Crippen LogP contribution >= 0.6 is 0 Å². The number of amides is 1. The lowest BCUT2D eigenvalue weighted by Crippen LogP contribution is -2.31. The summed E-state index contributed by atoms with van der Waals surface area (Å²) < 4.78 is 38.4. The fraction of sp³-hybridized carbons (Fsp3) is 0.278. The van der Waals surface area contributed by atoms with Crippen molar-refractivity contribution in [1.82, 2.24) is 0 Å². The number of rotatable bonds is 8. The largest absolute Gasteiger partial charge is 0.493 e. The summed E-state index contributed by atoms with van der Waals surface area (Å²) in [7, 11) is 0.726. The van der Waals surface area contributed by atoms with Crippen molar-refractivity contribution in [3.8, 4) is 17.2 Å². The standard InChI is InChI=1S/C18H23N3O6S/c1-11(18(22)21-12-5-7-14(8-6-12)28(19,23)24)20-13-9-15(25-2)17(27-4)16(10-13)26-3/h5-11,20H,1-4H3,(H,21,22)(H2,19,23,24)/t11-/m1/s1. The van der Waals surface area contributed by atoms with E-state index in [-0.39, 0.29) is 10.8 Å². The van der Waals surface area contributed by atoms with Gasteiger partial charge in [-0.15, -0.1) is 0 Å². The van der Waals surface area contributed by atoms with Crippen LogP contribution in [-0.4, -0.2) is 41.7 Å². The molecule has 1 amide bonds. The van der Waals surface area contributed by atoms with E-state index < -0.39 is 16.1 Å². The number of carbonyl (C=O) groups is 1. The zero-order valence-electron chi connectivity index (χ0n) is 16.0. The van der Waals surface area contributed by atoms with E-state index in [1.165, 1.54) is 45.6 Å². The van der Waals surface area contributed by atoms with Gasteiger partial charge in [-0.1, -0.05) is 0 Å². The van der Waals surface area contributed by atoms with Gasteiger partial charge in [-0.2, -0.15) is 0 Å². The van der Waals surface area contributed by atoms with Crippen LogP contribution in [0.1, 0.15) is 6.92 Å². The number of nitrogens with one attached hydrogen (secondary N) is 2. The molecule has 0 saturated carbocycles. The quantitative estimate of drug-likeness (QED) is 0.606. The summed E-state index contributed by atoms with van der Waals surface area (Å²) in [6, 6.07) is 8.33. The first-order valence-electron chi connectivity index (χ1n) is 8.20. The van der Waals surface area contributed by atoms with E-state index in [1.54, 1.807) is 19.1 Å². The predicted molar refractivity (Wildman–Crippen MR) is 106 cm³/mol. The third kappa shape index (κ3) is 5.05. The van der Waals surface area contributed by atoms with Crippen molar-refractivity contribution >= 4 is 27.3 Å². The highest BCUT2D eigenvalue weighted by Crippen LogP contribution is 2.40. The van der Waals surface area contributed by atoms with Crippen LogP contribution in [-0.2, 0) is 14.8 Å². The molecule has 0 heterocycles. The summed E-state index contributed by atoms with van der Waals surface area (Å²) in [5.41, 5.74) is 1.04. The lowest BCUT2D eigenvalue weighted by atomic mass is 10.2. The van der Waals surface area contributed by atoms with Crippen LogP contribution in [0.25, 0.3) is 0 Å². The summed E-state index contributed by atoms with van der Waals surface area (Å²) in [6.07, 6.45) is 0. The van der Waals surface area contributed by atoms with Crippen LogP contribution in [0, 0.1) is 0 Å². The van der Waals surface area contributed by atoms with Crippen molar-refractivity contribution in [2.24, 2.45) is 5.14 Å². The summed E-state index contributed by atoms with van der Waals surface area (Å²) in [5, 5.41) is 10.8. The molecule has 2 aromatic carbocycles. The Morgan fingerprint density at radius 1 is 0.964 bits per heavy atom. The number of carbonyl (C=O) groups excluding carboxylic acids is 1. The van der Waals surface area contributed by atoms with Crippen LogP contribution in [0.2, 0.25) is 0 Å². The highest BCUT2D eigenvalue weighted by Gasteiger charge is 2.17. The maximum absolute atomic E-state index is 12.4. The maximum atomic E-state index is 12.4. The maximum Gasteiger partial charge on any atom is 0.246 e. The van der Waals surface area contributed by atoms with Gasteiger partial charge < -0.3 is 24.8 Å². The fourth-order valence-corrected chi connectivity index (χ4v) is 2.97. The second kappa shape index (κ2) is 8.81. The van der Waals surface area contributed by atoms with E-state index in [9.17, 15) is 13.2 Å². The minimum Gasteiger partial charge on any atom is -0.493 e. The highest BCUT2D eigenvalue weighted by atomic mass is 32.2. The van der Waals surface area contributed by atoms with Crippen LogP contribution in [0.3, 0.4) is 0 Å². The van der Waals surface area contributed by atoms with Gasteiger partial charge in [-0.3, -0.25) is 4.79 Å². The molecule has 152 valence electrons. The molecule has 1 atom stereocenters. The summed E-state index contributed by atoms with van der Waals surface area (Å²) >= 11 is 0. The highest BCUT2D eigenvalue weighted by molar-refractivity contribution is 7.89. The Hall–Kier alpha value is -2.98. The third-order valence-corrected chi connectivity index (χ3v) is 4.82. The van der Waals surface area contributed by atoms with Gasteiger partial charge in [0.1, 0.15) is 6.04 Å². The van der Waals surface area contributed by atoms with Crippen molar-refractivity contribution in [3.05, 3.63) is 36.4 Å². The normalized spacial score (nSPS) is 12.0. The van der Waals surface area contributed by atoms with Crippen molar-refractivity contribution in [2.75, 3.05) is 32.0 Å². The van der Waals surface area contributed by atoms with Crippen LogP contribution < -0.4 is 30.0 Å². The average molecular weight is 409 g/mol. The van der Waals surface area contributed by atoms with Gasteiger partial charge in [0, 0.05) is 23.5 Å². The van der Waals surface area contributed by atoms with Crippen LogP contribution in [0.15, 0.2) is 41.3 Å². The van der Waals surface area contributed by atoms with Gasteiger partial charge in [0.05, 0.1) is 26.2 Å². The molecule has 4 N–H and O–H groups in total. The van der Waals surface area contributed by atoms with Gasteiger partial charge in [-0.05, 0) is 31.2 Å². The van der Waals surface area contributed by atoms with Crippen LogP contribution in [0.5, 0.6) is 17.2 Å². The van der Waals surface area contributed by atoms with Gasteiger partial charge >= 0.3 is 0 Å². The molecule has 0 spiro atoms. The number of primary sulfonamides is 1. The molecule has 9 nitrogen and oxygen atoms in total. The smallest absolute Gasteiger partial charge is 0.246 e. The average Bonchev–Trinajstić information content (AvgIpc) is 2.66. The molecular formula is C18H23N3O6S. The Kier molecular flexibility index (Phi) is 6.71. The number of nitrogens with two attached hydrogens (primary N) is 1. The monoisotopic (exact) mass is 409 g/mol. The van der Waals surface area contributed by atoms with Gasteiger partial charge in [0.2, 0.25) is 21.7 Å². The molecule has 0 unspecified atom stereocenters. The number of hydrogen-bond donors (Lipinski definition) is 3.